The van der Waals surface area contributed by atoms with Crippen LogP contribution in [0.3, 0.4) is 0 Å². The third-order valence-corrected chi connectivity index (χ3v) is 3.10. The number of esters is 1. The van der Waals surface area contributed by atoms with Crippen LogP contribution >= 0.6 is 11.6 Å². The molecule has 23 heavy (non-hydrogen) atoms. The van der Waals surface area contributed by atoms with Gasteiger partial charge in [0.15, 0.2) is 11.6 Å². The number of hydrogen-bond acceptors (Lipinski definition) is 3. The highest BCUT2D eigenvalue weighted by Gasteiger charge is 2.15. The molecule has 0 heterocycles. The topological polar surface area (TPSA) is 35.5 Å². The highest BCUT2D eigenvalue weighted by Crippen LogP contribution is 2.22. The molecular weight excluding hydrogens is 326 g/mol. The monoisotopic (exact) mass is 338 g/mol. The Morgan fingerprint density at radius 3 is 2.48 bits per heavy atom. The van der Waals surface area contributed by atoms with E-state index < -0.39 is 17.6 Å². The van der Waals surface area contributed by atoms with Crippen LogP contribution in [0.15, 0.2) is 48.7 Å². The molecule has 0 radical (unpaired) electrons. The van der Waals surface area contributed by atoms with E-state index in [2.05, 4.69) is 0 Å². The van der Waals surface area contributed by atoms with Gasteiger partial charge in [-0.2, -0.15) is 0 Å². The van der Waals surface area contributed by atoms with E-state index in [4.69, 9.17) is 21.1 Å². The third kappa shape index (κ3) is 4.53. The maximum Gasteiger partial charge on any atom is 0.341 e. The third-order valence-electron chi connectivity index (χ3n) is 2.85. The van der Waals surface area contributed by atoms with Crippen molar-refractivity contribution in [3.8, 4) is 5.75 Å². The summed E-state index contributed by atoms with van der Waals surface area (Å²) in [6.07, 6.45) is 1.07. The molecule has 0 bridgehead atoms. The van der Waals surface area contributed by atoms with Gasteiger partial charge in [-0.3, -0.25) is 0 Å². The Kier molecular flexibility index (Phi) is 5.71. The van der Waals surface area contributed by atoms with Gasteiger partial charge >= 0.3 is 5.97 Å². The molecule has 0 aliphatic heterocycles. The van der Waals surface area contributed by atoms with Crippen molar-refractivity contribution in [2.75, 3.05) is 6.61 Å². The normalized spacial score (nSPS) is 11.2. The van der Waals surface area contributed by atoms with Crippen LogP contribution in [0.4, 0.5) is 8.78 Å². The minimum Gasteiger partial charge on any atom is -0.462 e. The van der Waals surface area contributed by atoms with Crippen LogP contribution in [0.5, 0.6) is 5.75 Å². The maximum absolute atomic E-state index is 13.6. The maximum atomic E-state index is 13.6. The molecule has 6 heteroatoms. The summed E-state index contributed by atoms with van der Waals surface area (Å²) in [6, 6.07) is 9.29. The Morgan fingerprint density at radius 2 is 1.87 bits per heavy atom. The molecule has 0 saturated carbocycles. The largest absolute Gasteiger partial charge is 0.462 e. The molecule has 0 atom stereocenters. The second kappa shape index (κ2) is 7.74. The standard InChI is InChI=1S/C17H13ClF2O3/c1-2-22-17(21)14(11-3-5-12(18)6-4-11)10-23-16-8-7-13(19)9-15(16)20/h3-10H,2H2,1H3/b14-10-. The minimum absolute atomic E-state index is 0.0900. The Balaban J connectivity index is 2.32. The lowest BCUT2D eigenvalue weighted by atomic mass is 10.1. The highest BCUT2D eigenvalue weighted by molar-refractivity contribution is 6.30. The van der Waals surface area contributed by atoms with Gasteiger partial charge in [0, 0.05) is 11.1 Å². The first kappa shape index (κ1) is 17.0. The number of halogens is 3. The SMILES string of the molecule is CCOC(=O)/C(=C\Oc1ccc(F)cc1F)c1ccc(Cl)cc1. The molecule has 2 aromatic carbocycles. The first-order valence-corrected chi connectivity index (χ1v) is 7.14. The minimum atomic E-state index is -0.874. The summed E-state index contributed by atoms with van der Waals surface area (Å²) in [5.74, 6) is -2.43. The summed E-state index contributed by atoms with van der Waals surface area (Å²) in [6.45, 7) is 1.84. The van der Waals surface area contributed by atoms with Gasteiger partial charge in [0.1, 0.15) is 17.7 Å². The highest BCUT2D eigenvalue weighted by atomic mass is 35.5. The summed E-state index contributed by atoms with van der Waals surface area (Å²) in [4.78, 5) is 12.0. The van der Waals surface area contributed by atoms with Gasteiger partial charge in [-0.05, 0) is 36.8 Å². The van der Waals surface area contributed by atoms with E-state index in [9.17, 15) is 13.6 Å². The molecule has 0 unspecified atom stereocenters. The van der Waals surface area contributed by atoms with Gasteiger partial charge < -0.3 is 9.47 Å². The predicted molar refractivity (Wildman–Crippen MR) is 83.0 cm³/mol. The van der Waals surface area contributed by atoms with Gasteiger partial charge in [0.2, 0.25) is 0 Å². The summed E-state index contributed by atoms with van der Waals surface area (Å²) >= 11 is 5.81. The molecule has 3 nitrogen and oxygen atoms in total. The first-order chi connectivity index (χ1) is 11.0. The second-order valence-electron chi connectivity index (χ2n) is 4.45. The fourth-order valence-electron chi connectivity index (χ4n) is 1.77. The van der Waals surface area contributed by atoms with E-state index in [1.54, 1.807) is 31.2 Å². The molecule has 0 spiro atoms. The first-order valence-electron chi connectivity index (χ1n) is 6.76. The molecule has 0 N–H and O–H groups in total. The Morgan fingerprint density at radius 1 is 1.17 bits per heavy atom. The number of hydrogen-bond donors (Lipinski definition) is 0. The predicted octanol–water partition coefficient (Wildman–Crippen LogP) is 4.60. The molecule has 0 fully saturated rings. The van der Waals surface area contributed by atoms with Gasteiger partial charge in [-0.25, -0.2) is 13.6 Å². The van der Waals surface area contributed by atoms with Crippen molar-refractivity contribution in [2.24, 2.45) is 0 Å². The van der Waals surface area contributed by atoms with Crippen LogP contribution in [0.25, 0.3) is 5.57 Å². The lowest BCUT2D eigenvalue weighted by molar-refractivity contribution is -0.136. The van der Waals surface area contributed by atoms with Crippen molar-refractivity contribution >= 4 is 23.1 Å². The molecule has 0 amide bonds. The summed E-state index contributed by atoms with van der Waals surface area (Å²) in [7, 11) is 0. The van der Waals surface area contributed by atoms with E-state index in [0.29, 0.717) is 16.7 Å². The van der Waals surface area contributed by atoms with Crippen molar-refractivity contribution in [1.29, 1.82) is 0 Å². The van der Waals surface area contributed by atoms with E-state index in [1.807, 2.05) is 0 Å². The zero-order valence-corrected chi connectivity index (χ0v) is 12.9. The van der Waals surface area contributed by atoms with Crippen LogP contribution in [0, 0.1) is 11.6 Å². The quantitative estimate of drug-likeness (QED) is 0.454. The average molecular weight is 339 g/mol. The lowest BCUT2D eigenvalue weighted by Gasteiger charge is -2.09. The molecule has 0 saturated heterocycles. The molecule has 0 aliphatic rings. The van der Waals surface area contributed by atoms with E-state index in [1.165, 1.54) is 0 Å². The van der Waals surface area contributed by atoms with E-state index in [0.717, 1.165) is 18.4 Å². The molecule has 0 aliphatic carbocycles. The van der Waals surface area contributed by atoms with Crippen molar-refractivity contribution in [3.05, 3.63) is 70.9 Å². The number of carbonyl (C=O) groups excluding carboxylic acids is 1. The van der Waals surface area contributed by atoms with Crippen LogP contribution in [0.1, 0.15) is 12.5 Å². The lowest BCUT2D eigenvalue weighted by Crippen LogP contribution is -2.08. The van der Waals surface area contributed by atoms with E-state index >= 15 is 0 Å². The van der Waals surface area contributed by atoms with Gasteiger partial charge in [-0.15, -0.1) is 0 Å². The number of carbonyl (C=O) groups is 1. The number of benzene rings is 2. The molecule has 0 aromatic heterocycles. The average Bonchev–Trinajstić information content (AvgIpc) is 2.51. The smallest absolute Gasteiger partial charge is 0.341 e. The van der Waals surface area contributed by atoms with Crippen LogP contribution in [-0.2, 0) is 9.53 Å². The Bertz CT molecular complexity index is 727. The molecule has 120 valence electrons. The van der Waals surface area contributed by atoms with Gasteiger partial charge in [0.25, 0.3) is 0 Å². The van der Waals surface area contributed by atoms with Crippen LogP contribution < -0.4 is 4.74 Å². The van der Waals surface area contributed by atoms with Crippen molar-refractivity contribution in [2.45, 2.75) is 6.92 Å². The summed E-state index contributed by atoms with van der Waals surface area (Å²) < 4.78 is 36.6. The Hall–Kier alpha value is -2.40. The molecule has 2 aromatic rings. The van der Waals surface area contributed by atoms with Crippen molar-refractivity contribution in [1.82, 2.24) is 0 Å². The van der Waals surface area contributed by atoms with Crippen molar-refractivity contribution in [3.63, 3.8) is 0 Å². The molecule has 2 rings (SSSR count). The zero-order valence-electron chi connectivity index (χ0n) is 12.2. The van der Waals surface area contributed by atoms with Crippen LogP contribution in [-0.4, -0.2) is 12.6 Å². The Labute approximate surface area is 137 Å². The fraction of sp³-hybridized carbons (Fsp3) is 0.118. The van der Waals surface area contributed by atoms with Crippen LogP contribution in [0.2, 0.25) is 5.02 Å². The summed E-state index contributed by atoms with van der Waals surface area (Å²) in [5, 5.41) is 0.502. The van der Waals surface area contributed by atoms with Crippen molar-refractivity contribution < 1.29 is 23.0 Å². The fourth-order valence-corrected chi connectivity index (χ4v) is 1.89. The summed E-state index contributed by atoms with van der Waals surface area (Å²) in [5.41, 5.74) is 0.586. The van der Waals surface area contributed by atoms with Gasteiger partial charge in [0.05, 0.1) is 6.61 Å². The second-order valence-corrected chi connectivity index (χ2v) is 4.89. The molecular formula is C17H13ClF2O3. The number of rotatable bonds is 5. The zero-order chi connectivity index (χ0) is 16.8. The number of ether oxygens (including phenoxy) is 2. The van der Waals surface area contributed by atoms with Gasteiger partial charge in [-0.1, -0.05) is 23.7 Å². The van der Waals surface area contributed by atoms with E-state index in [-0.39, 0.29) is 17.9 Å².